The molecule has 0 fully saturated rings. The van der Waals surface area contributed by atoms with Gasteiger partial charge in [-0.1, -0.05) is 221 Å². The zero-order valence-electron chi connectivity index (χ0n) is 34.0. The summed E-state index contributed by atoms with van der Waals surface area (Å²) < 4.78 is 0. The number of fused-ring (bicyclic) bond motifs is 2. The summed E-state index contributed by atoms with van der Waals surface area (Å²) in [4.78, 5) is 0. The Morgan fingerprint density at radius 3 is 0.857 bits per heavy atom. The van der Waals surface area contributed by atoms with Gasteiger partial charge >= 0.3 is 30.2 Å². The van der Waals surface area contributed by atoms with Gasteiger partial charge in [-0.05, 0) is 22.0 Å². The number of hydrogen-bond acceptors (Lipinski definition) is 0. The number of hydrogen-bond donors (Lipinski definition) is 0. The first kappa shape index (κ1) is 48.4. The van der Waals surface area contributed by atoms with E-state index in [-0.39, 0.29) is 50.5 Å². The molecule has 0 bridgehead atoms. The SMILES string of the molecule is CC(C)(C)c1cc2c(-c3ccccc3)ccc(-c3ccccc3)c2[cH-]1.CC(C)(C)c1cc2c(-c3ccccc3)ccc(-c3ccccc3)c2[cH-]1.Cl.Cl.[CH3-].[CH3-].[Si]=[Zr]. The van der Waals surface area contributed by atoms with E-state index in [0.29, 0.717) is 0 Å². The molecular formula is C52H54Cl2SiZr-4. The van der Waals surface area contributed by atoms with Gasteiger partial charge in [-0.15, -0.1) is 69.6 Å². The first-order valence-electron chi connectivity index (χ1n) is 18.0. The molecule has 0 heterocycles. The van der Waals surface area contributed by atoms with Crippen molar-refractivity contribution in [2.24, 2.45) is 0 Å². The molecular weight excluding hydrogens is 815 g/mol. The maximum atomic E-state index is 3.06. The minimum atomic E-state index is 0. The fourth-order valence-electron chi connectivity index (χ4n) is 6.94. The Bertz CT molecular complexity index is 2060. The van der Waals surface area contributed by atoms with Gasteiger partial charge in [-0.3, -0.25) is 0 Å². The molecule has 0 N–H and O–H groups in total. The summed E-state index contributed by atoms with van der Waals surface area (Å²) in [5.41, 5.74) is 13.4. The van der Waals surface area contributed by atoms with Gasteiger partial charge in [0.25, 0.3) is 0 Å². The average Bonchev–Trinajstić information content (AvgIpc) is 3.84. The fourth-order valence-corrected chi connectivity index (χ4v) is 6.94. The fraction of sp³-hybridized carbons (Fsp3) is 0.154. The Hall–Kier alpha value is -3.78. The van der Waals surface area contributed by atoms with E-state index in [4.69, 9.17) is 0 Å². The van der Waals surface area contributed by atoms with Crippen LogP contribution in [0.25, 0.3) is 66.1 Å². The van der Waals surface area contributed by atoms with Crippen molar-refractivity contribution in [1.29, 1.82) is 0 Å². The molecule has 0 aliphatic carbocycles. The molecule has 8 aromatic rings. The summed E-state index contributed by atoms with van der Waals surface area (Å²) in [5, 5.41) is 5.38. The average molecular weight is 869 g/mol. The topological polar surface area (TPSA) is 0 Å². The van der Waals surface area contributed by atoms with Crippen molar-refractivity contribution in [1.82, 2.24) is 0 Å². The summed E-state index contributed by atoms with van der Waals surface area (Å²) in [5.74, 6) is 0. The summed E-state index contributed by atoms with van der Waals surface area (Å²) >= 11 is 1.36. The zero-order chi connectivity index (χ0) is 36.9. The second-order valence-electron chi connectivity index (χ2n) is 15.4. The number of rotatable bonds is 4. The number of benzene rings is 6. The van der Waals surface area contributed by atoms with Crippen LogP contribution >= 0.6 is 24.8 Å². The van der Waals surface area contributed by atoms with Gasteiger partial charge in [0.15, 0.2) is 0 Å². The van der Waals surface area contributed by atoms with Crippen LogP contribution in [0.4, 0.5) is 0 Å². The molecule has 0 saturated heterocycles. The Morgan fingerprint density at radius 2 is 0.607 bits per heavy atom. The monoisotopic (exact) mass is 866 g/mol. The first-order valence-corrected chi connectivity index (χ1v) is 22.2. The van der Waals surface area contributed by atoms with Gasteiger partial charge < -0.3 is 14.9 Å². The molecule has 0 spiro atoms. The molecule has 0 atom stereocenters. The van der Waals surface area contributed by atoms with E-state index in [0.717, 1.165) is 0 Å². The second kappa shape index (κ2) is 21.1. The van der Waals surface area contributed by atoms with Gasteiger partial charge in [0.1, 0.15) is 0 Å². The van der Waals surface area contributed by atoms with Gasteiger partial charge in [0.05, 0.1) is 0 Å². The van der Waals surface area contributed by atoms with E-state index >= 15 is 0 Å². The number of halogens is 2. The zero-order valence-corrected chi connectivity index (χ0v) is 39.1. The molecule has 288 valence electrons. The normalized spacial score (nSPS) is 10.6. The van der Waals surface area contributed by atoms with E-state index in [1.807, 2.05) is 0 Å². The van der Waals surface area contributed by atoms with Crippen LogP contribution in [0.2, 0.25) is 0 Å². The Morgan fingerprint density at radius 1 is 0.375 bits per heavy atom. The Labute approximate surface area is 366 Å². The van der Waals surface area contributed by atoms with Gasteiger partial charge in [0.2, 0.25) is 0 Å². The van der Waals surface area contributed by atoms with Crippen LogP contribution in [0.15, 0.2) is 170 Å². The van der Waals surface area contributed by atoms with Crippen LogP contribution < -0.4 is 0 Å². The summed E-state index contributed by atoms with van der Waals surface area (Å²) in [6.45, 7) is 16.8. The van der Waals surface area contributed by atoms with Crippen molar-refractivity contribution in [2.75, 3.05) is 0 Å². The first-order chi connectivity index (χ1) is 25.1. The third-order valence-corrected chi connectivity index (χ3v) is 9.84. The molecule has 0 aliphatic heterocycles. The van der Waals surface area contributed by atoms with E-state index in [1.54, 1.807) is 0 Å². The molecule has 4 heteroatoms. The van der Waals surface area contributed by atoms with Gasteiger partial charge in [-0.2, -0.15) is 12.1 Å². The molecule has 0 aliphatic rings. The van der Waals surface area contributed by atoms with E-state index in [1.165, 1.54) is 101 Å². The van der Waals surface area contributed by atoms with Crippen molar-refractivity contribution in [3.8, 4) is 44.5 Å². The summed E-state index contributed by atoms with van der Waals surface area (Å²) in [7, 11) is 0. The van der Waals surface area contributed by atoms with Crippen LogP contribution in [-0.2, 0) is 34.2 Å². The van der Waals surface area contributed by atoms with Crippen LogP contribution in [0.3, 0.4) is 0 Å². The quantitative estimate of drug-likeness (QED) is 0.122. The standard InChI is InChI=1S/2C25H23.2CH3.2ClH.Si.Zr/c2*1-25(2,3)20-16-23-21(18-10-6-4-7-11-18)14-15-22(24(23)17-20)19-12-8-5-9-13-19;;;;;;/h2*4-17H,1-3H3;2*1H3;2*1H;;/q4*-1;;;;. The maximum absolute atomic E-state index is 3.06. The van der Waals surface area contributed by atoms with E-state index in [2.05, 4.69) is 218 Å². The van der Waals surface area contributed by atoms with Crippen molar-refractivity contribution < 1.29 is 23.3 Å². The van der Waals surface area contributed by atoms with Crippen LogP contribution in [0.1, 0.15) is 52.7 Å². The van der Waals surface area contributed by atoms with Crippen molar-refractivity contribution in [2.45, 2.75) is 52.4 Å². The van der Waals surface area contributed by atoms with E-state index in [9.17, 15) is 0 Å². The van der Waals surface area contributed by atoms with Crippen LogP contribution in [-0.4, -0.2) is 6.88 Å². The predicted molar refractivity (Wildman–Crippen MR) is 251 cm³/mol. The molecule has 0 amide bonds. The van der Waals surface area contributed by atoms with Crippen LogP contribution in [0.5, 0.6) is 0 Å². The second-order valence-corrected chi connectivity index (χ2v) is 15.4. The molecule has 0 saturated carbocycles. The third kappa shape index (κ3) is 10.8. The van der Waals surface area contributed by atoms with Gasteiger partial charge in [0, 0.05) is 0 Å². The predicted octanol–water partition coefficient (Wildman–Crippen LogP) is 15.7. The van der Waals surface area contributed by atoms with Crippen molar-refractivity contribution >= 4 is 53.2 Å². The summed E-state index contributed by atoms with van der Waals surface area (Å²) in [6.07, 6.45) is 0. The molecule has 8 rings (SSSR count). The summed E-state index contributed by atoms with van der Waals surface area (Å²) in [6, 6.07) is 61.3. The van der Waals surface area contributed by atoms with Crippen molar-refractivity contribution in [3.05, 3.63) is 196 Å². The molecule has 56 heavy (non-hydrogen) atoms. The molecule has 8 aromatic carbocycles. The third-order valence-electron chi connectivity index (χ3n) is 9.84. The molecule has 0 nitrogen and oxygen atoms in total. The van der Waals surface area contributed by atoms with E-state index < -0.39 is 0 Å². The Balaban J connectivity index is 0.000000347. The van der Waals surface area contributed by atoms with Gasteiger partial charge in [-0.25, -0.2) is 0 Å². The van der Waals surface area contributed by atoms with Crippen molar-refractivity contribution in [3.63, 3.8) is 0 Å². The Kier molecular flexibility index (Phi) is 18.2. The molecule has 2 radical (unpaired) electrons. The minimum absolute atomic E-state index is 0. The molecule has 0 unspecified atom stereocenters. The molecule has 0 aromatic heterocycles. The van der Waals surface area contributed by atoms with Crippen LogP contribution in [0, 0.1) is 14.9 Å².